The van der Waals surface area contributed by atoms with Gasteiger partial charge in [0, 0.05) is 6.42 Å². The van der Waals surface area contributed by atoms with Crippen LogP contribution in [0, 0.1) is 12.8 Å². The molecule has 1 atom stereocenters. The Morgan fingerprint density at radius 2 is 2.25 bits per heavy atom. The number of aryl methyl sites for hydroxylation is 1. The molecule has 5 heteroatoms. The number of nitrogens with zero attached hydrogens (tertiary/aromatic N) is 3. The first-order chi connectivity index (χ1) is 7.59. The zero-order chi connectivity index (χ0) is 11.7. The SMILES string of the molecule is Cc1nnc(CC2CCC2)n1C(C)C(=O)O. The lowest BCUT2D eigenvalue weighted by atomic mass is 9.83. The van der Waals surface area contributed by atoms with E-state index in [2.05, 4.69) is 10.2 Å². The van der Waals surface area contributed by atoms with E-state index in [1.165, 1.54) is 19.3 Å². The summed E-state index contributed by atoms with van der Waals surface area (Å²) in [5.74, 6) is 1.34. The number of carboxylic acid groups (broad SMARTS) is 1. The van der Waals surface area contributed by atoms with Crippen molar-refractivity contribution in [2.24, 2.45) is 5.92 Å². The van der Waals surface area contributed by atoms with Crippen molar-refractivity contribution in [1.29, 1.82) is 0 Å². The maximum absolute atomic E-state index is 11.0. The van der Waals surface area contributed by atoms with Crippen LogP contribution in [0.5, 0.6) is 0 Å². The Morgan fingerprint density at radius 3 is 2.75 bits per heavy atom. The summed E-state index contributed by atoms with van der Waals surface area (Å²) in [6, 6.07) is -0.579. The van der Waals surface area contributed by atoms with Crippen molar-refractivity contribution in [3.05, 3.63) is 11.6 Å². The maximum atomic E-state index is 11.0. The molecule has 0 aliphatic heterocycles. The molecule has 2 rings (SSSR count). The summed E-state index contributed by atoms with van der Waals surface area (Å²) in [6.45, 7) is 3.47. The molecule has 16 heavy (non-hydrogen) atoms. The molecule has 0 aromatic carbocycles. The van der Waals surface area contributed by atoms with E-state index >= 15 is 0 Å². The van der Waals surface area contributed by atoms with E-state index in [1.54, 1.807) is 18.4 Å². The summed E-state index contributed by atoms with van der Waals surface area (Å²) in [5, 5.41) is 17.1. The van der Waals surface area contributed by atoms with Crippen molar-refractivity contribution >= 4 is 5.97 Å². The lowest BCUT2D eigenvalue weighted by Gasteiger charge is -2.25. The summed E-state index contributed by atoms with van der Waals surface area (Å²) in [6.07, 6.45) is 4.60. The molecule has 0 amide bonds. The Labute approximate surface area is 94.5 Å². The van der Waals surface area contributed by atoms with E-state index < -0.39 is 12.0 Å². The molecule has 1 aromatic rings. The molecule has 88 valence electrons. The Hall–Kier alpha value is -1.39. The van der Waals surface area contributed by atoms with Crippen LogP contribution in [0.3, 0.4) is 0 Å². The highest BCUT2D eigenvalue weighted by molar-refractivity contribution is 5.71. The average molecular weight is 223 g/mol. The zero-order valence-electron chi connectivity index (χ0n) is 9.68. The monoisotopic (exact) mass is 223 g/mol. The fraction of sp³-hybridized carbons (Fsp3) is 0.727. The highest BCUT2D eigenvalue weighted by atomic mass is 16.4. The van der Waals surface area contributed by atoms with Crippen LogP contribution in [0.4, 0.5) is 0 Å². The summed E-state index contributed by atoms with van der Waals surface area (Å²) < 4.78 is 1.74. The molecule has 5 nitrogen and oxygen atoms in total. The van der Waals surface area contributed by atoms with Crippen molar-refractivity contribution in [3.8, 4) is 0 Å². The normalized spacial score (nSPS) is 18.1. The lowest BCUT2D eigenvalue weighted by molar-refractivity contribution is -0.140. The first-order valence-electron chi connectivity index (χ1n) is 5.72. The van der Waals surface area contributed by atoms with Crippen LogP contribution >= 0.6 is 0 Å². The fourth-order valence-corrected chi connectivity index (χ4v) is 2.12. The Bertz CT molecular complexity index is 396. The van der Waals surface area contributed by atoms with Crippen LogP contribution in [0.2, 0.25) is 0 Å². The van der Waals surface area contributed by atoms with Gasteiger partial charge in [-0.2, -0.15) is 0 Å². The predicted octanol–water partition coefficient (Wildman–Crippen LogP) is 1.57. The summed E-state index contributed by atoms with van der Waals surface area (Å²) >= 11 is 0. The molecule has 1 fully saturated rings. The third-order valence-electron chi connectivity index (χ3n) is 3.38. The van der Waals surface area contributed by atoms with E-state index in [0.29, 0.717) is 11.7 Å². The molecule has 1 heterocycles. The highest BCUT2D eigenvalue weighted by Crippen LogP contribution is 2.30. The fourth-order valence-electron chi connectivity index (χ4n) is 2.12. The number of carbonyl (C=O) groups is 1. The number of aliphatic carboxylic acids is 1. The van der Waals surface area contributed by atoms with Crippen LogP contribution in [0.15, 0.2) is 0 Å². The lowest BCUT2D eigenvalue weighted by Crippen LogP contribution is -2.22. The van der Waals surface area contributed by atoms with Crippen LogP contribution in [0.25, 0.3) is 0 Å². The van der Waals surface area contributed by atoms with Crippen LogP contribution in [0.1, 0.15) is 43.9 Å². The van der Waals surface area contributed by atoms with Crippen molar-refractivity contribution in [2.75, 3.05) is 0 Å². The minimum absolute atomic E-state index is 0.579. The molecular formula is C11H17N3O2. The summed E-state index contributed by atoms with van der Waals surface area (Å²) in [7, 11) is 0. The Kier molecular flexibility index (Phi) is 2.94. The Balaban J connectivity index is 2.20. The second kappa shape index (κ2) is 4.23. The van der Waals surface area contributed by atoms with Crippen LogP contribution in [-0.2, 0) is 11.2 Å². The first kappa shape index (κ1) is 11.1. The number of hydrogen-bond acceptors (Lipinski definition) is 3. The largest absolute Gasteiger partial charge is 0.480 e. The van der Waals surface area contributed by atoms with Gasteiger partial charge in [0.25, 0.3) is 0 Å². The van der Waals surface area contributed by atoms with E-state index in [9.17, 15) is 4.79 Å². The minimum atomic E-state index is -0.835. The van der Waals surface area contributed by atoms with E-state index in [0.717, 1.165) is 12.2 Å². The standard InChI is InChI=1S/C11H17N3O2/c1-7(11(15)16)14-8(2)12-13-10(14)6-9-4-3-5-9/h7,9H,3-6H2,1-2H3,(H,15,16). The molecule has 0 spiro atoms. The third-order valence-corrected chi connectivity index (χ3v) is 3.38. The zero-order valence-corrected chi connectivity index (χ0v) is 9.68. The van der Waals surface area contributed by atoms with Crippen LogP contribution in [-0.4, -0.2) is 25.8 Å². The van der Waals surface area contributed by atoms with Gasteiger partial charge < -0.3 is 9.67 Å². The molecule has 1 saturated carbocycles. The maximum Gasteiger partial charge on any atom is 0.326 e. The molecule has 1 unspecified atom stereocenters. The number of hydrogen-bond donors (Lipinski definition) is 1. The Morgan fingerprint density at radius 1 is 1.56 bits per heavy atom. The second-order valence-electron chi connectivity index (χ2n) is 4.55. The van der Waals surface area contributed by atoms with Gasteiger partial charge in [-0.25, -0.2) is 4.79 Å². The van der Waals surface area contributed by atoms with Crippen molar-refractivity contribution in [3.63, 3.8) is 0 Å². The van der Waals surface area contributed by atoms with Gasteiger partial charge in [-0.05, 0) is 19.8 Å². The molecule has 0 saturated heterocycles. The van der Waals surface area contributed by atoms with E-state index in [4.69, 9.17) is 5.11 Å². The quantitative estimate of drug-likeness (QED) is 0.841. The van der Waals surface area contributed by atoms with E-state index in [-0.39, 0.29) is 0 Å². The predicted molar refractivity (Wildman–Crippen MR) is 58.2 cm³/mol. The second-order valence-corrected chi connectivity index (χ2v) is 4.55. The molecule has 1 aromatic heterocycles. The smallest absolute Gasteiger partial charge is 0.326 e. The van der Waals surface area contributed by atoms with Gasteiger partial charge in [0.1, 0.15) is 17.7 Å². The van der Waals surface area contributed by atoms with Gasteiger partial charge in [0.05, 0.1) is 0 Å². The minimum Gasteiger partial charge on any atom is -0.480 e. The molecule has 1 N–H and O–H groups in total. The number of rotatable bonds is 4. The summed E-state index contributed by atoms with van der Waals surface area (Å²) in [5.41, 5.74) is 0. The van der Waals surface area contributed by atoms with Crippen molar-refractivity contribution in [2.45, 2.75) is 45.6 Å². The number of aromatic nitrogens is 3. The average Bonchev–Trinajstić information content (AvgIpc) is 2.52. The third kappa shape index (κ3) is 1.94. The highest BCUT2D eigenvalue weighted by Gasteiger charge is 2.25. The number of carboxylic acids is 1. The van der Waals surface area contributed by atoms with Gasteiger partial charge in [-0.3, -0.25) is 0 Å². The van der Waals surface area contributed by atoms with Crippen molar-refractivity contribution < 1.29 is 9.90 Å². The van der Waals surface area contributed by atoms with Gasteiger partial charge >= 0.3 is 5.97 Å². The molecule has 0 radical (unpaired) electrons. The van der Waals surface area contributed by atoms with Crippen molar-refractivity contribution in [1.82, 2.24) is 14.8 Å². The summed E-state index contributed by atoms with van der Waals surface area (Å²) in [4.78, 5) is 11.0. The van der Waals surface area contributed by atoms with Crippen LogP contribution < -0.4 is 0 Å². The molecule has 1 aliphatic carbocycles. The molecular weight excluding hydrogens is 206 g/mol. The van der Waals surface area contributed by atoms with Gasteiger partial charge in [0.2, 0.25) is 0 Å². The topological polar surface area (TPSA) is 68.0 Å². The first-order valence-corrected chi connectivity index (χ1v) is 5.72. The molecule has 0 bridgehead atoms. The van der Waals surface area contributed by atoms with Gasteiger partial charge in [-0.15, -0.1) is 10.2 Å². The molecule has 1 aliphatic rings. The van der Waals surface area contributed by atoms with E-state index in [1.807, 2.05) is 0 Å². The van der Waals surface area contributed by atoms with Gasteiger partial charge in [0.15, 0.2) is 0 Å². The van der Waals surface area contributed by atoms with Gasteiger partial charge in [-0.1, -0.05) is 19.3 Å².